The zero-order valence-corrected chi connectivity index (χ0v) is 14.8. The lowest BCUT2D eigenvalue weighted by Gasteiger charge is -2.22. The largest absolute Gasteiger partial charge is 0.467 e. The first-order chi connectivity index (χ1) is 12.2. The minimum atomic E-state index is -0.155. The van der Waals surface area contributed by atoms with E-state index >= 15 is 0 Å². The predicted octanol–water partition coefficient (Wildman–Crippen LogP) is 5.24. The van der Waals surface area contributed by atoms with Crippen LogP contribution < -0.4 is 5.32 Å². The molecule has 1 aromatic heterocycles. The first kappa shape index (κ1) is 17.2. The Labute approximate surface area is 151 Å². The number of furan rings is 1. The summed E-state index contributed by atoms with van der Waals surface area (Å²) < 4.78 is 5.41. The third-order valence-electron chi connectivity index (χ3n) is 3.77. The Hall–Kier alpha value is -2.66. The fraction of sp³-hybridized carbons (Fsp3) is 0.150. The number of rotatable bonds is 6. The maximum atomic E-state index is 12.8. The average Bonchev–Trinajstić information content (AvgIpc) is 3.16. The van der Waals surface area contributed by atoms with Gasteiger partial charge in [0.25, 0.3) is 0 Å². The quantitative estimate of drug-likeness (QED) is 0.617. The summed E-state index contributed by atoms with van der Waals surface area (Å²) in [4.78, 5) is 15.7. The Morgan fingerprint density at radius 1 is 1.00 bits per heavy atom. The summed E-state index contributed by atoms with van der Waals surface area (Å²) in [7, 11) is 0. The number of urea groups is 1. The fourth-order valence-corrected chi connectivity index (χ4v) is 2.88. The highest BCUT2D eigenvalue weighted by Gasteiger charge is 2.16. The molecule has 2 amide bonds. The molecular weight excluding hydrogens is 332 g/mol. The van der Waals surface area contributed by atoms with Gasteiger partial charge < -0.3 is 14.6 Å². The number of nitrogens with one attached hydrogen (secondary N) is 1. The fourth-order valence-electron chi connectivity index (χ4n) is 2.47. The molecule has 1 heterocycles. The molecule has 0 fully saturated rings. The third kappa shape index (κ3) is 4.90. The van der Waals surface area contributed by atoms with Crippen molar-refractivity contribution < 1.29 is 9.21 Å². The van der Waals surface area contributed by atoms with E-state index < -0.39 is 0 Å². The highest BCUT2D eigenvalue weighted by molar-refractivity contribution is 7.98. The van der Waals surface area contributed by atoms with Gasteiger partial charge in [-0.2, -0.15) is 0 Å². The zero-order valence-electron chi connectivity index (χ0n) is 14.0. The minimum absolute atomic E-state index is 0.155. The van der Waals surface area contributed by atoms with E-state index in [2.05, 4.69) is 5.32 Å². The van der Waals surface area contributed by atoms with Crippen molar-refractivity contribution in [3.63, 3.8) is 0 Å². The number of thioether (sulfide) groups is 1. The molecule has 0 saturated heterocycles. The minimum Gasteiger partial charge on any atom is -0.467 e. The van der Waals surface area contributed by atoms with E-state index in [1.54, 1.807) is 22.9 Å². The molecule has 0 bridgehead atoms. The van der Waals surface area contributed by atoms with Crippen LogP contribution in [-0.2, 0) is 13.1 Å². The molecule has 0 aliphatic rings. The molecule has 3 rings (SSSR count). The molecule has 0 aliphatic carbocycles. The molecule has 0 unspecified atom stereocenters. The van der Waals surface area contributed by atoms with Gasteiger partial charge in [-0.15, -0.1) is 11.8 Å². The smallest absolute Gasteiger partial charge is 0.322 e. The van der Waals surface area contributed by atoms with Crippen molar-refractivity contribution in [2.24, 2.45) is 0 Å². The number of hydrogen-bond donors (Lipinski definition) is 1. The number of carbonyl (C=O) groups excluding carboxylic acids is 1. The summed E-state index contributed by atoms with van der Waals surface area (Å²) in [6.07, 6.45) is 3.65. The van der Waals surface area contributed by atoms with E-state index in [-0.39, 0.29) is 6.03 Å². The van der Waals surface area contributed by atoms with Gasteiger partial charge in [0.15, 0.2) is 0 Å². The van der Waals surface area contributed by atoms with E-state index in [0.717, 1.165) is 21.9 Å². The molecular formula is C20H20N2O2S. The second-order valence-electron chi connectivity index (χ2n) is 5.58. The Balaban J connectivity index is 1.73. The lowest BCUT2D eigenvalue weighted by Crippen LogP contribution is -2.33. The first-order valence-electron chi connectivity index (χ1n) is 8.01. The van der Waals surface area contributed by atoms with Gasteiger partial charge in [-0.1, -0.05) is 30.3 Å². The number of nitrogens with zero attached hydrogens (tertiary/aromatic N) is 1. The van der Waals surface area contributed by atoms with E-state index in [1.807, 2.05) is 73.0 Å². The first-order valence-corrected chi connectivity index (χ1v) is 9.23. The van der Waals surface area contributed by atoms with Crippen molar-refractivity contribution >= 4 is 23.5 Å². The van der Waals surface area contributed by atoms with Gasteiger partial charge in [0.05, 0.1) is 12.8 Å². The van der Waals surface area contributed by atoms with Crippen LogP contribution in [0.15, 0.2) is 82.3 Å². The van der Waals surface area contributed by atoms with Gasteiger partial charge in [0.1, 0.15) is 5.76 Å². The van der Waals surface area contributed by atoms with Crippen molar-refractivity contribution in [3.05, 3.63) is 84.3 Å². The molecule has 4 nitrogen and oxygen atoms in total. The second kappa shape index (κ2) is 8.44. The Bertz CT molecular complexity index is 786. The summed E-state index contributed by atoms with van der Waals surface area (Å²) >= 11 is 1.67. The zero-order chi connectivity index (χ0) is 17.5. The molecule has 0 aliphatic heterocycles. The van der Waals surface area contributed by atoms with Crippen LogP contribution in [-0.4, -0.2) is 17.2 Å². The molecule has 5 heteroatoms. The van der Waals surface area contributed by atoms with Crippen LogP contribution in [0.5, 0.6) is 0 Å². The molecule has 0 atom stereocenters. The van der Waals surface area contributed by atoms with Crippen LogP contribution in [0.25, 0.3) is 0 Å². The molecule has 1 N–H and O–H groups in total. The average molecular weight is 352 g/mol. The summed E-state index contributed by atoms with van der Waals surface area (Å²) in [5.74, 6) is 0.754. The van der Waals surface area contributed by atoms with Crippen LogP contribution in [0.2, 0.25) is 0 Å². The van der Waals surface area contributed by atoms with Gasteiger partial charge in [-0.3, -0.25) is 0 Å². The van der Waals surface area contributed by atoms with Crippen molar-refractivity contribution in [1.82, 2.24) is 4.90 Å². The second-order valence-corrected chi connectivity index (χ2v) is 6.46. The number of carbonyl (C=O) groups is 1. The maximum absolute atomic E-state index is 12.8. The van der Waals surface area contributed by atoms with Crippen LogP contribution >= 0.6 is 11.8 Å². The molecule has 0 spiro atoms. The summed E-state index contributed by atoms with van der Waals surface area (Å²) in [6, 6.07) is 21.3. The number of anilines is 1. The Kier molecular flexibility index (Phi) is 5.80. The van der Waals surface area contributed by atoms with Gasteiger partial charge in [-0.05, 0) is 48.2 Å². The summed E-state index contributed by atoms with van der Waals surface area (Å²) in [6.45, 7) is 0.924. The van der Waals surface area contributed by atoms with Crippen molar-refractivity contribution in [1.29, 1.82) is 0 Å². The lowest BCUT2D eigenvalue weighted by atomic mass is 10.2. The Morgan fingerprint density at radius 3 is 2.40 bits per heavy atom. The van der Waals surface area contributed by atoms with Crippen molar-refractivity contribution in [2.75, 3.05) is 11.6 Å². The molecule has 3 aromatic rings. The van der Waals surface area contributed by atoms with Crippen molar-refractivity contribution in [3.8, 4) is 0 Å². The van der Waals surface area contributed by atoms with Gasteiger partial charge in [0, 0.05) is 17.1 Å². The van der Waals surface area contributed by atoms with E-state index in [1.165, 1.54) is 0 Å². The van der Waals surface area contributed by atoms with Crippen LogP contribution in [0.1, 0.15) is 11.3 Å². The summed E-state index contributed by atoms with van der Waals surface area (Å²) in [5, 5.41) is 2.96. The monoisotopic (exact) mass is 352 g/mol. The molecule has 0 saturated carbocycles. The van der Waals surface area contributed by atoms with E-state index in [0.29, 0.717) is 13.1 Å². The maximum Gasteiger partial charge on any atom is 0.322 e. The molecule has 128 valence electrons. The highest BCUT2D eigenvalue weighted by atomic mass is 32.2. The van der Waals surface area contributed by atoms with Crippen LogP contribution in [0, 0.1) is 0 Å². The number of hydrogen-bond acceptors (Lipinski definition) is 3. The molecule has 0 radical (unpaired) electrons. The van der Waals surface area contributed by atoms with Gasteiger partial charge in [0.2, 0.25) is 0 Å². The molecule has 25 heavy (non-hydrogen) atoms. The van der Waals surface area contributed by atoms with E-state index in [9.17, 15) is 4.79 Å². The van der Waals surface area contributed by atoms with Crippen LogP contribution in [0.4, 0.5) is 10.5 Å². The Morgan fingerprint density at radius 2 is 1.76 bits per heavy atom. The molecule has 2 aromatic carbocycles. The van der Waals surface area contributed by atoms with E-state index in [4.69, 9.17) is 4.42 Å². The predicted molar refractivity (Wildman–Crippen MR) is 102 cm³/mol. The topological polar surface area (TPSA) is 45.5 Å². The van der Waals surface area contributed by atoms with Crippen molar-refractivity contribution in [2.45, 2.75) is 18.0 Å². The SMILES string of the molecule is CSc1ccc(NC(=O)N(Cc2ccccc2)Cc2ccco2)cc1. The number of benzene rings is 2. The lowest BCUT2D eigenvalue weighted by molar-refractivity contribution is 0.201. The van der Waals surface area contributed by atoms with Crippen LogP contribution in [0.3, 0.4) is 0 Å². The van der Waals surface area contributed by atoms with Gasteiger partial charge >= 0.3 is 6.03 Å². The summed E-state index contributed by atoms with van der Waals surface area (Å²) in [5.41, 5.74) is 1.85. The third-order valence-corrected chi connectivity index (χ3v) is 4.52. The highest BCUT2D eigenvalue weighted by Crippen LogP contribution is 2.19. The normalized spacial score (nSPS) is 10.4. The van der Waals surface area contributed by atoms with Gasteiger partial charge in [-0.25, -0.2) is 4.79 Å². The standard InChI is InChI=1S/C20H20N2O2S/c1-25-19-11-9-17(10-12-19)21-20(23)22(15-18-8-5-13-24-18)14-16-6-3-2-4-7-16/h2-13H,14-15H2,1H3,(H,21,23). The number of amides is 2.